The Labute approximate surface area is 94.5 Å². The Hall–Kier alpha value is -1.58. The van der Waals surface area contributed by atoms with E-state index in [1.807, 2.05) is 10.6 Å². The average Bonchev–Trinajstić information content (AvgIpc) is 2.76. The molecule has 4 nitrogen and oxygen atoms in total. The fourth-order valence-corrected chi connectivity index (χ4v) is 2.55. The van der Waals surface area contributed by atoms with Gasteiger partial charge in [0.15, 0.2) is 11.5 Å². The lowest BCUT2D eigenvalue weighted by atomic mass is 9.87. The summed E-state index contributed by atoms with van der Waals surface area (Å²) >= 11 is 0. The van der Waals surface area contributed by atoms with E-state index in [4.69, 9.17) is 5.73 Å². The van der Waals surface area contributed by atoms with Gasteiger partial charge in [0.2, 0.25) is 0 Å². The topological polar surface area (TPSA) is 56.2 Å². The van der Waals surface area contributed by atoms with Crippen LogP contribution in [0.3, 0.4) is 0 Å². The highest BCUT2D eigenvalue weighted by atomic mass is 15.1. The number of nitrogen functional groups attached to an aromatic ring is 1. The van der Waals surface area contributed by atoms with Gasteiger partial charge < -0.3 is 10.1 Å². The first kappa shape index (κ1) is 9.63. The van der Waals surface area contributed by atoms with Gasteiger partial charge in [-0.05, 0) is 12.8 Å². The summed E-state index contributed by atoms with van der Waals surface area (Å²) in [6.45, 7) is 0. The average molecular weight is 216 g/mol. The number of anilines is 1. The van der Waals surface area contributed by atoms with Crippen molar-refractivity contribution >= 4 is 11.5 Å². The second-order valence-corrected chi connectivity index (χ2v) is 4.54. The number of hydrogen-bond acceptors (Lipinski definition) is 3. The molecule has 1 aliphatic carbocycles. The molecule has 2 heterocycles. The number of nitrogens with zero attached hydrogens (tertiary/aromatic N) is 3. The summed E-state index contributed by atoms with van der Waals surface area (Å²) in [6.07, 6.45) is 12.3. The molecule has 0 radical (unpaired) electrons. The summed E-state index contributed by atoms with van der Waals surface area (Å²) in [5.74, 6) is 1.14. The number of fused-ring (bicyclic) bond motifs is 1. The van der Waals surface area contributed by atoms with E-state index in [1.54, 1.807) is 6.20 Å². The maximum absolute atomic E-state index is 5.80. The number of hydrogen-bond donors (Lipinski definition) is 1. The Morgan fingerprint density at radius 3 is 2.81 bits per heavy atom. The molecule has 0 aliphatic heterocycles. The van der Waals surface area contributed by atoms with Crippen LogP contribution in [0.1, 0.15) is 43.7 Å². The standard InChI is InChI=1S/C12H16N4/c13-11-12-15-10(8-16(12)7-6-14-11)9-4-2-1-3-5-9/h6-9H,1-5H2,(H2,13,14). The Morgan fingerprint density at radius 2 is 2.06 bits per heavy atom. The van der Waals surface area contributed by atoms with Crippen LogP contribution in [-0.2, 0) is 0 Å². The number of aromatic nitrogens is 3. The van der Waals surface area contributed by atoms with Crippen LogP contribution < -0.4 is 5.73 Å². The minimum Gasteiger partial charge on any atom is -0.381 e. The van der Waals surface area contributed by atoms with Crippen molar-refractivity contribution in [3.63, 3.8) is 0 Å². The van der Waals surface area contributed by atoms with Gasteiger partial charge in [0, 0.05) is 24.5 Å². The van der Waals surface area contributed by atoms with Gasteiger partial charge in [-0.15, -0.1) is 0 Å². The molecule has 0 saturated heterocycles. The molecule has 0 spiro atoms. The van der Waals surface area contributed by atoms with Crippen molar-refractivity contribution in [2.75, 3.05) is 5.73 Å². The molecule has 1 fully saturated rings. The van der Waals surface area contributed by atoms with Crippen LogP contribution in [0.2, 0.25) is 0 Å². The van der Waals surface area contributed by atoms with Crippen molar-refractivity contribution < 1.29 is 0 Å². The van der Waals surface area contributed by atoms with E-state index in [0.717, 1.165) is 5.65 Å². The van der Waals surface area contributed by atoms with E-state index in [9.17, 15) is 0 Å². The number of imidazole rings is 1. The molecule has 84 valence electrons. The van der Waals surface area contributed by atoms with E-state index in [1.165, 1.54) is 37.8 Å². The Bertz CT molecular complexity index is 497. The maximum atomic E-state index is 5.80. The van der Waals surface area contributed by atoms with E-state index in [-0.39, 0.29) is 0 Å². The molecule has 0 unspecified atom stereocenters. The summed E-state index contributed by atoms with van der Waals surface area (Å²) in [7, 11) is 0. The van der Waals surface area contributed by atoms with E-state index in [2.05, 4.69) is 16.2 Å². The van der Waals surface area contributed by atoms with Crippen LogP contribution >= 0.6 is 0 Å². The summed E-state index contributed by atoms with van der Waals surface area (Å²) in [4.78, 5) is 8.67. The lowest BCUT2D eigenvalue weighted by Gasteiger charge is -2.19. The first-order valence-corrected chi connectivity index (χ1v) is 5.93. The SMILES string of the molecule is Nc1nccn2cc(C3CCCCC3)nc12. The van der Waals surface area contributed by atoms with Gasteiger partial charge in [-0.1, -0.05) is 19.3 Å². The van der Waals surface area contributed by atoms with Gasteiger partial charge in [0.25, 0.3) is 0 Å². The summed E-state index contributed by atoms with van der Waals surface area (Å²) in [5.41, 5.74) is 7.78. The molecule has 0 atom stereocenters. The first-order valence-electron chi connectivity index (χ1n) is 5.93. The van der Waals surface area contributed by atoms with Gasteiger partial charge >= 0.3 is 0 Å². The molecular formula is C12H16N4. The van der Waals surface area contributed by atoms with Crippen molar-refractivity contribution in [3.8, 4) is 0 Å². The quantitative estimate of drug-likeness (QED) is 0.796. The highest BCUT2D eigenvalue weighted by molar-refractivity contribution is 5.59. The van der Waals surface area contributed by atoms with Gasteiger partial charge in [0.1, 0.15) is 0 Å². The van der Waals surface area contributed by atoms with Crippen LogP contribution in [0.15, 0.2) is 18.6 Å². The number of rotatable bonds is 1. The fourth-order valence-electron chi connectivity index (χ4n) is 2.55. The Morgan fingerprint density at radius 1 is 1.25 bits per heavy atom. The van der Waals surface area contributed by atoms with Gasteiger partial charge in [-0.2, -0.15) is 0 Å². The van der Waals surface area contributed by atoms with Crippen molar-refractivity contribution in [1.82, 2.24) is 14.4 Å². The third-order valence-corrected chi connectivity index (χ3v) is 3.44. The molecule has 2 N–H and O–H groups in total. The minimum atomic E-state index is 0.518. The summed E-state index contributed by atoms with van der Waals surface area (Å²) in [6, 6.07) is 0. The van der Waals surface area contributed by atoms with Crippen molar-refractivity contribution in [2.24, 2.45) is 0 Å². The molecule has 0 bridgehead atoms. The van der Waals surface area contributed by atoms with Gasteiger partial charge in [-0.25, -0.2) is 9.97 Å². The lowest BCUT2D eigenvalue weighted by Crippen LogP contribution is -2.04. The minimum absolute atomic E-state index is 0.518. The summed E-state index contributed by atoms with van der Waals surface area (Å²) < 4.78 is 1.98. The van der Waals surface area contributed by atoms with Crippen molar-refractivity contribution in [2.45, 2.75) is 38.0 Å². The zero-order valence-electron chi connectivity index (χ0n) is 9.26. The molecule has 0 aromatic carbocycles. The van der Waals surface area contributed by atoms with E-state index < -0.39 is 0 Å². The molecule has 1 saturated carbocycles. The first-order chi connectivity index (χ1) is 7.84. The molecule has 1 aliphatic rings. The third kappa shape index (κ3) is 1.54. The maximum Gasteiger partial charge on any atom is 0.180 e. The molecule has 2 aromatic rings. The predicted molar refractivity (Wildman–Crippen MR) is 63.2 cm³/mol. The van der Waals surface area contributed by atoms with Gasteiger partial charge in [-0.3, -0.25) is 0 Å². The molecular weight excluding hydrogens is 200 g/mol. The summed E-state index contributed by atoms with van der Waals surface area (Å²) in [5, 5.41) is 0. The zero-order chi connectivity index (χ0) is 11.0. The highest BCUT2D eigenvalue weighted by Crippen LogP contribution is 2.32. The van der Waals surface area contributed by atoms with Crippen LogP contribution in [0, 0.1) is 0 Å². The second kappa shape index (κ2) is 3.77. The zero-order valence-corrected chi connectivity index (χ0v) is 9.26. The van der Waals surface area contributed by atoms with E-state index >= 15 is 0 Å². The van der Waals surface area contributed by atoms with Crippen molar-refractivity contribution in [1.29, 1.82) is 0 Å². The lowest BCUT2D eigenvalue weighted by molar-refractivity contribution is 0.438. The Kier molecular flexibility index (Phi) is 2.27. The molecule has 0 amide bonds. The van der Waals surface area contributed by atoms with E-state index in [0.29, 0.717) is 11.7 Å². The smallest absolute Gasteiger partial charge is 0.180 e. The largest absolute Gasteiger partial charge is 0.381 e. The second-order valence-electron chi connectivity index (χ2n) is 4.54. The monoisotopic (exact) mass is 216 g/mol. The van der Waals surface area contributed by atoms with Crippen LogP contribution in [0.4, 0.5) is 5.82 Å². The molecule has 4 heteroatoms. The van der Waals surface area contributed by atoms with Crippen LogP contribution in [0.25, 0.3) is 5.65 Å². The predicted octanol–water partition coefficient (Wildman–Crippen LogP) is 2.36. The molecule has 3 rings (SSSR count). The molecule has 16 heavy (non-hydrogen) atoms. The van der Waals surface area contributed by atoms with Crippen molar-refractivity contribution in [3.05, 3.63) is 24.3 Å². The fraction of sp³-hybridized carbons (Fsp3) is 0.500. The third-order valence-electron chi connectivity index (χ3n) is 3.44. The molecule has 2 aromatic heterocycles. The van der Waals surface area contributed by atoms with Crippen LogP contribution in [-0.4, -0.2) is 14.4 Å². The van der Waals surface area contributed by atoms with Gasteiger partial charge in [0.05, 0.1) is 5.69 Å². The number of nitrogens with two attached hydrogens (primary N) is 1. The Balaban J connectivity index is 2.01. The van der Waals surface area contributed by atoms with Crippen LogP contribution in [0.5, 0.6) is 0 Å². The normalized spacial score (nSPS) is 18.0. The highest BCUT2D eigenvalue weighted by Gasteiger charge is 2.18.